The van der Waals surface area contributed by atoms with E-state index in [4.69, 9.17) is 0 Å². The maximum atomic E-state index is 3.57. The maximum Gasteiger partial charge on any atom is 0.0195 e. The number of nitrogens with one attached hydrogen (secondary N) is 1. The summed E-state index contributed by atoms with van der Waals surface area (Å²) in [7, 11) is 0. The summed E-state index contributed by atoms with van der Waals surface area (Å²) in [5.74, 6) is 0. The predicted octanol–water partition coefficient (Wildman–Crippen LogP) is 2.11. The van der Waals surface area contributed by atoms with Gasteiger partial charge in [-0.05, 0) is 31.3 Å². The lowest BCUT2D eigenvalue weighted by Gasteiger charge is -2.30. The van der Waals surface area contributed by atoms with Crippen molar-refractivity contribution < 1.29 is 0 Å². The molecule has 0 aromatic heterocycles. The van der Waals surface area contributed by atoms with E-state index in [1.807, 2.05) is 0 Å². The van der Waals surface area contributed by atoms with E-state index in [0.717, 1.165) is 6.04 Å². The monoisotopic (exact) mass is 198 g/mol. The van der Waals surface area contributed by atoms with E-state index in [1.165, 1.54) is 39.0 Å². The summed E-state index contributed by atoms with van der Waals surface area (Å²) in [6.45, 7) is 14.1. The van der Waals surface area contributed by atoms with Crippen molar-refractivity contribution in [3.63, 3.8) is 0 Å². The van der Waals surface area contributed by atoms with Gasteiger partial charge in [0, 0.05) is 19.1 Å². The Labute approximate surface area is 89.1 Å². The zero-order valence-electron chi connectivity index (χ0n) is 10.3. The summed E-state index contributed by atoms with van der Waals surface area (Å²) in [4.78, 5) is 2.57. The fraction of sp³-hybridized carbons (Fsp3) is 1.00. The first kappa shape index (κ1) is 12.0. The van der Waals surface area contributed by atoms with Crippen LogP contribution in [0, 0.1) is 5.41 Å². The zero-order chi connectivity index (χ0) is 10.6. The average molecular weight is 198 g/mol. The van der Waals surface area contributed by atoms with E-state index < -0.39 is 0 Å². The third-order valence-electron chi connectivity index (χ3n) is 2.79. The predicted molar refractivity (Wildman–Crippen MR) is 62.6 cm³/mol. The highest BCUT2D eigenvalue weighted by molar-refractivity contribution is 4.79. The highest BCUT2D eigenvalue weighted by Gasteiger charge is 2.20. The Morgan fingerprint density at radius 3 is 2.50 bits per heavy atom. The Balaban J connectivity index is 2.30. The minimum absolute atomic E-state index is 0.425. The molecule has 1 heterocycles. The quantitative estimate of drug-likeness (QED) is 0.744. The summed E-state index contributed by atoms with van der Waals surface area (Å²) < 4.78 is 0. The Kier molecular flexibility index (Phi) is 4.39. The van der Waals surface area contributed by atoms with Crippen LogP contribution in [0.25, 0.3) is 0 Å². The first-order chi connectivity index (χ1) is 6.51. The van der Waals surface area contributed by atoms with Crippen LogP contribution in [-0.2, 0) is 0 Å². The summed E-state index contributed by atoms with van der Waals surface area (Å²) in [6, 6.07) is 0.747. The highest BCUT2D eigenvalue weighted by Crippen LogP contribution is 2.16. The molecular formula is C12H26N2. The smallest absolute Gasteiger partial charge is 0.0195 e. The fourth-order valence-electron chi connectivity index (χ4n) is 2.20. The van der Waals surface area contributed by atoms with Gasteiger partial charge in [0.2, 0.25) is 0 Å². The van der Waals surface area contributed by atoms with E-state index in [0.29, 0.717) is 5.41 Å². The molecule has 1 rings (SSSR count). The molecule has 0 spiro atoms. The molecule has 1 N–H and O–H groups in total. The molecule has 1 atom stereocenters. The van der Waals surface area contributed by atoms with Gasteiger partial charge < -0.3 is 10.2 Å². The molecule has 0 aromatic carbocycles. The van der Waals surface area contributed by atoms with E-state index >= 15 is 0 Å². The van der Waals surface area contributed by atoms with Crippen LogP contribution in [0.2, 0.25) is 0 Å². The second-order valence-electron chi connectivity index (χ2n) is 5.68. The molecule has 14 heavy (non-hydrogen) atoms. The minimum Gasteiger partial charge on any atom is -0.313 e. The van der Waals surface area contributed by atoms with Gasteiger partial charge in [-0.15, -0.1) is 0 Å². The van der Waals surface area contributed by atoms with Crippen LogP contribution < -0.4 is 5.32 Å². The van der Waals surface area contributed by atoms with Crippen LogP contribution in [0.15, 0.2) is 0 Å². The number of likely N-dealkylation sites (N-methyl/N-ethyl adjacent to an activating group) is 1. The molecule has 0 radical (unpaired) electrons. The maximum absolute atomic E-state index is 3.57. The van der Waals surface area contributed by atoms with Crippen molar-refractivity contribution in [2.75, 3.05) is 26.2 Å². The third kappa shape index (κ3) is 4.43. The van der Waals surface area contributed by atoms with Crippen LogP contribution in [0.1, 0.15) is 40.5 Å². The lowest BCUT2D eigenvalue weighted by molar-refractivity contribution is 0.185. The van der Waals surface area contributed by atoms with Gasteiger partial charge in [0.1, 0.15) is 0 Å². The molecule has 1 saturated heterocycles. The molecule has 1 fully saturated rings. The van der Waals surface area contributed by atoms with Gasteiger partial charge in [-0.1, -0.05) is 27.7 Å². The van der Waals surface area contributed by atoms with Gasteiger partial charge in [-0.2, -0.15) is 0 Å². The van der Waals surface area contributed by atoms with Crippen molar-refractivity contribution in [3.05, 3.63) is 0 Å². The number of hydrogen-bond acceptors (Lipinski definition) is 2. The Hall–Kier alpha value is -0.0800. The first-order valence-corrected chi connectivity index (χ1v) is 5.97. The molecule has 0 amide bonds. The van der Waals surface area contributed by atoms with E-state index in [9.17, 15) is 0 Å². The SMILES string of the molecule is CCN(CC1CCCN1)CC(C)(C)C. The Morgan fingerprint density at radius 1 is 1.36 bits per heavy atom. The van der Waals surface area contributed by atoms with Gasteiger partial charge in [-0.3, -0.25) is 0 Å². The van der Waals surface area contributed by atoms with Crippen molar-refractivity contribution in [2.24, 2.45) is 5.41 Å². The number of hydrogen-bond donors (Lipinski definition) is 1. The van der Waals surface area contributed by atoms with E-state index in [2.05, 4.69) is 37.9 Å². The van der Waals surface area contributed by atoms with Crippen molar-refractivity contribution >= 4 is 0 Å². The van der Waals surface area contributed by atoms with E-state index in [1.54, 1.807) is 0 Å². The van der Waals surface area contributed by atoms with Crippen molar-refractivity contribution in [2.45, 2.75) is 46.6 Å². The molecule has 1 unspecified atom stereocenters. The second kappa shape index (κ2) is 5.13. The van der Waals surface area contributed by atoms with Crippen LogP contribution in [0.3, 0.4) is 0 Å². The number of nitrogens with zero attached hydrogens (tertiary/aromatic N) is 1. The summed E-state index contributed by atoms with van der Waals surface area (Å²) in [6.07, 6.45) is 2.72. The lowest BCUT2D eigenvalue weighted by Crippen LogP contribution is -2.41. The molecular weight excluding hydrogens is 172 g/mol. The minimum atomic E-state index is 0.425. The van der Waals surface area contributed by atoms with Crippen molar-refractivity contribution in [1.29, 1.82) is 0 Å². The lowest BCUT2D eigenvalue weighted by atomic mass is 9.96. The van der Waals surface area contributed by atoms with Gasteiger partial charge in [-0.25, -0.2) is 0 Å². The summed E-state index contributed by atoms with van der Waals surface area (Å²) in [5, 5.41) is 3.57. The number of rotatable bonds is 4. The molecule has 1 aliphatic heterocycles. The summed E-state index contributed by atoms with van der Waals surface area (Å²) >= 11 is 0. The molecule has 0 bridgehead atoms. The van der Waals surface area contributed by atoms with Gasteiger partial charge >= 0.3 is 0 Å². The zero-order valence-corrected chi connectivity index (χ0v) is 10.3. The molecule has 1 aliphatic rings. The van der Waals surface area contributed by atoms with Gasteiger partial charge in [0.05, 0.1) is 0 Å². The average Bonchev–Trinajstić information content (AvgIpc) is 2.53. The molecule has 84 valence electrons. The standard InChI is InChI=1S/C12H26N2/c1-5-14(10-12(2,3)4)9-11-7-6-8-13-11/h11,13H,5-10H2,1-4H3. The van der Waals surface area contributed by atoms with Crippen LogP contribution >= 0.6 is 0 Å². The van der Waals surface area contributed by atoms with E-state index in [-0.39, 0.29) is 0 Å². The Bertz CT molecular complexity index is 154. The van der Waals surface area contributed by atoms with Crippen LogP contribution in [-0.4, -0.2) is 37.1 Å². The first-order valence-electron chi connectivity index (χ1n) is 5.97. The topological polar surface area (TPSA) is 15.3 Å². The Morgan fingerprint density at radius 2 is 2.07 bits per heavy atom. The molecule has 0 aliphatic carbocycles. The normalized spacial score (nSPS) is 23.4. The molecule has 0 aromatic rings. The molecule has 2 nitrogen and oxygen atoms in total. The molecule has 2 heteroatoms. The fourth-order valence-corrected chi connectivity index (χ4v) is 2.20. The largest absolute Gasteiger partial charge is 0.313 e. The summed E-state index contributed by atoms with van der Waals surface area (Å²) in [5.41, 5.74) is 0.425. The van der Waals surface area contributed by atoms with Crippen molar-refractivity contribution in [1.82, 2.24) is 10.2 Å². The van der Waals surface area contributed by atoms with Crippen LogP contribution in [0.5, 0.6) is 0 Å². The second-order valence-corrected chi connectivity index (χ2v) is 5.68. The van der Waals surface area contributed by atoms with Gasteiger partial charge in [0.15, 0.2) is 0 Å². The highest BCUT2D eigenvalue weighted by atomic mass is 15.2. The van der Waals surface area contributed by atoms with Gasteiger partial charge in [0.25, 0.3) is 0 Å². The van der Waals surface area contributed by atoms with Crippen molar-refractivity contribution in [3.8, 4) is 0 Å². The van der Waals surface area contributed by atoms with Crippen LogP contribution in [0.4, 0.5) is 0 Å². The molecule has 0 saturated carbocycles. The third-order valence-corrected chi connectivity index (χ3v) is 2.79.